The van der Waals surface area contributed by atoms with Crippen LogP contribution in [0.3, 0.4) is 0 Å². The SMILES string of the molecule is CC(=O)Nc1cccc(N2CCO[C@H]([C@@H](O)C(=O)Nc3ccc(-c4noc(=O)[nH]4)cc3)C2=O)c1. The number of anilines is 3. The lowest BCUT2D eigenvalue weighted by Gasteiger charge is -2.34. The summed E-state index contributed by atoms with van der Waals surface area (Å²) in [5, 5.41) is 19.3. The Morgan fingerprint density at radius 2 is 1.91 bits per heavy atom. The molecule has 0 radical (unpaired) electrons. The molecule has 12 nitrogen and oxygen atoms in total. The molecule has 34 heavy (non-hydrogen) atoms. The van der Waals surface area contributed by atoms with Crippen LogP contribution in [0.25, 0.3) is 11.4 Å². The lowest BCUT2D eigenvalue weighted by Crippen LogP contribution is -2.55. The van der Waals surface area contributed by atoms with Gasteiger partial charge < -0.3 is 25.4 Å². The second kappa shape index (κ2) is 9.68. The van der Waals surface area contributed by atoms with Gasteiger partial charge in [-0.15, -0.1) is 0 Å². The zero-order valence-electron chi connectivity index (χ0n) is 18.0. The van der Waals surface area contributed by atoms with E-state index in [1.54, 1.807) is 36.4 Å². The maximum absolute atomic E-state index is 13.0. The van der Waals surface area contributed by atoms with Crippen molar-refractivity contribution >= 4 is 34.8 Å². The van der Waals surface area contributed by atoms with E-state index >= 15 is 0 Å². The number of hydrogen-bond donors (Lipinski definition) is 4. The lowest BCUT2D eigenvalue weighted by molar-refractivity contribution is -0.150. The molecule has 2 atom stereocenters. The van der Waals surface area contributed by atoms with Crippen LogP contribution in [-0.2, 0) is 19.1 Å². The second-order valence-corrected chi connectivity index (χ2v) is 7.47. The molecule has 1 fully saturated rings. The van der Waals surface area contributed by atoms with Crippen LogP contribution in [0.4, 0.5) is 17.1 Å². The van der Waals surface area contributed by atoms with Gasteiger partial charge in [0, 0.05) is 36.1 Å². The van der Waals surface area contributed by atoms with Crippen molar-refractivity contribution < 1.29 is 28.8 Å². The Balaban J connectivity index is 1.43. The summed E-state index contributed by atoms with van der Waals surface area (Å²) in [4.78, 5) is 51.8. The van der Waals surface area contributed by atoms with Gasteiger partial charge in [0.25, 0.3) is 11.8 Å². The lowest BCUT2D eigenvalue weighted by atomic mass is 10.1. The van der Waals surface area contributed by atoms with E-state index in [2.05, 4.69) is 25.3 Å². The van der Waals surface area contributed by atoms with Gasteiger partial charge in [0.15, 0.2) is 18.0 Å². The number of rotatable bonds is 6. The Hall–Kier alpha value is -4.29. The largest absolute Gasteiger partial charge is 0.439 e. The smallest absolute Gasteiger partial charge is 0.380 e. The van der Waals surface area contributed by atoms with Gasteiger partial charge in [-0.05, 0) is 42.5 Å². The summed E-state index contributed by atoms with van der Waals surface area (Å²) in [6.45, 7) is 1.70. The number of aromatic nitrogens is 2. The van der Waals surface area contributed by atoms with E-state index in [9.17, 15) is 24.3 Å². The number of nitrogens with one attached hydrogen (secondary N) is 3. The number of H-pyrrole nitrogens is 1. The third-order valence-electron chi connectivity index (χ3n) is 5.02. The standard InChI is InChI=1S/C22H21N5O7/c1-12(28)23-15-3-2-4-16(11-15)27-9-10-33-18(21(27)31)17(29)20(30)24-14-7-5-13(6-8-14)19-25-22(32)34-26-19/h2-8,11,17-18,29H,9-10H2,1H3,(H,23,28)(H,24,30)(H,25,26,32)/t17-,18-/m1/s1. The van der Waals surface area contributed by atoms with Gasteiger partial charge in [-0.3, -0.25) is 23.9 Å². The molecule has 1 aliphatic heterocycles. The van der Waals surface area contributed by atoms with Crippen LogP contribution < -0.4 is 21.3 Å². The van der Waals surface area contributed by atoms with E-state index in [1.807, 2.05) is 0 Å². The Labute approximate surface area is 192 Å². The van der Waals surface area contributed by atoms with Gasteiger partial charge in [-0.25, -0.2) is 4.79 Å². The number of nitrogens with zero attached hydrogens (tertiary/aromatic N) is 2. The molecule has 0 bridgehead atoms. The molecule has 4 rings (SSSR count). The van der Waals surface area contributed by atoms with Crippen molar-refractivity contribution in [2.24, 2.45) is 0 Å². The number of hydrogen-bond acceptors (Lipinski definition) is 8. The van der Waals surface area contributed by atoms with Gasteiger partial charge in [-0.1, -0.05) is 11.2 Å². The highest BCUT2D eigenvalue weighted by molar-refractivity contribution is 6.04. The number of carbonyl (C=O) groups is 3. The van der Waals surface area contributed by atoms with Gasteiger partial charge in [0.05, 0.1) is 6.61 Å². The molecule has 1 aliphatic rings. The average molecular weight is 467 g/mol. The van der Waals surface area contributed by atoms with Gasteiger partial charge in [-0.2, -0.15) is 0 Å². The molecular formula is C22H21N5O7. The molecule has 0 saturated carbocycles. The van der Waals surface area contributed by atoms with E-state index in [0.717, 1.165) is 0 Å². The Kier molecular flexibility index (Phi) is 6.52. The third-order valence-corrected chi connectivity index (χ3v) is 5.02. The highest BCUT2D eigenvalue weighted by Gasteiger charge is 2.39. The fraction of sp³-hybridized carbons (Fsp3) is 0.227. The molecule has 0 unspecified atom stereocenters. The number of aliphatic hydroxyl groups is 1. The second-order valence-electron chi connectivity index (χ2n) is 7.47. The fourth-order valence-electron chi connectivity index (χ4n) is 3.46. The normalized spacial score (nSPS) is 16.7. The summed E-state index contributed by atoms with van der Waals surface area (Å²) >= 11 is 0. The molecule has 0 spiro atoms. The minimum absolute atomic E-state index is 0.107. The first kappa shape index (κ1) is 22.9. The topological polar surface area (TPSA) is 167 Å². The summed E-state index contributed by atoms with van der Waals surface area (Å²) in [6, 6.07) is 12.9. The first-order valence-electron chi connectivity index (χ1n) is 10.3. The first-order chi connectivity index (χ1) is 16.3. The van der Waals surface area contributed by atoms with Crippen molar-refractivity contribution in [2.45, 2.75) is 19.1 Å². The zero-order chi connectivity index (χ0) is 24.2. The molecule has 2 heterocycles. The van der Waals surface area contributed by atoms with E-state index in [0.29, 0.717) is 22.6 Å². The predicted molar refractivity (Wildman–Crippen MR) is 120 cm³/mol. The van der Waals surface area contributed by atoms with Crippen molar-refractivity contribution in [1.29, 1.82) is 0 Å². The van der Waals surface area contributed by atoms with Crippen LogP contribution in [-0.4, -0.2) is 58.3 Å². The number of aromatic amines is 1. The van der Waals surface area contributed by atoms with Gasteiger partial charge in [0.2, 0.25) is 5.91 Å². The Morgan fingerprint density at radius 3 is 2.59 bits per heavy atom. The molecule has 3 aromatic rings. The quantitative estimate of drug-likeness (QED) is 0.411. The molecule has 0 aliphatic carbocycles. The minimum atomic E-state index is -1.76. The molecule has 176 valence electrons. The number of ether oxygens (including phenoxy) is 1. The maximum Gasteiger partial charge on any atom is 0.439 e. The van der Waals surface area contributed by atoms with E-state index in [4.69, 9.17) is 4.74 Å². The summed E-state index contributed by atoms with van der Waals surface area (Å²) in [6.07, 6.45) is -3.17. The average Bonchev–Trinajstić information content (AvgIpc) is 3.25. The van der Waals surface area contributed by atoms with Crippen LogP contribution in [0, 0.1) is 0 Å². The third kappa shape index (κ3) is 5.03. The molecule has 1 saturated heterocycles. The fourth-order valence-corrected chi connectivity index (χ4v) is 3.46. The number of aliphatic hydroxyl groups excluding tert-OH is 1. The van der Waals surface area contributed by atoms with Crippen LogP contribution >= 0.6 is 0 Å². The highest BCUT2D eigenvalue weighted by Crippen LogP contribution is 2.24. The van der Waals surface area contributed by atoms with E-state index in [-0.39, 0.29) is 24.9 Å². The van der Waals surface area contributed by atoms with Crippen LogP contribution in [0.1, 0.15) is 6.92 Å². The van der Waals surface area contributed by atoms with Crippen molar-refractivity contribution in [3.8, 4) is 11.4 Å². The van der Waals surface area contributed by atoms with Gasteiger partial charge in [0.1, 0.15) is 0 Å². The van der Waals surface area contributed by atoms with Crippen LogP contribution in [0.5, 0.6) is 0 Å². The number of benzene rings is 2. The molecule has 12 heteroatoms. The van der Waals surface area contributed by atoms with Crippen molar-refractivity contribution in [1.82, 2.24) is 10.1 Å². The monoisotopic (exact) mass is 467 g/mol. The Bertz CT molecular complexity index is 1270. The molecule has 4 N–H and O–H groups in total. The maximum atomic E-state index is 13.0. The van der Waals surface area contributed by atoms with Crippen LogP contribution in [0.2, 0.25) is 0 Å². The van der Waals surface area contributed by atoms with Crippen molar-refractivity contribution in [3.05, 3.63) is 59.1 Å². The highest BCUT2D eigenvalue weighted by atomic mass is 16.5. The summed E-state index contributed by atoms with van der Waals surface area (Å²) in [5.74, 6) is -2.12. The van der Waals surface area contributed by atoms with E-state index < -0.39 is 29.8 Å². The first-order valence-corrected chi connectivity index (χ1v) is 10.3. The number of amides is 3. The van der Waals surface area contributed by atoms with Crippen molar-refractivity contribution in [2.75, 3.05) is 28.7 Å². The van der Waals surface area contributed by atoms with E-state index in [1.165, 1.54) is 24.0 Å². The summed E-state index contributed by atoms with van der Waals surface area (Å²) in [7, 11) is 0. The summed E-state index contributed by atoms with van der Waals surface area (Å²) in [5.41, 5.74) is 1.91. The van der Waals surface area contributed by atoms with Gasteiger partial charge >= 0.3 is 5.76 Å². The predicted octanol–water partition coefficient (Wildman–Crippen LogP) is 0.720. The molecule has 1 aromatic heterocycles. The minimum Gasteiger partial charge on any atom is -0.380 e. The molecule has 3 amide bonds. The Morgan fingerprint density at radius 1 is 1.15 bits per heavy atom. The molecule has 2 aromatic carbocycles. The number of carbonyl (C=O) groups excluding carboxylic acids is 3. The zero-order valence-corrected chi connectivity index (χ0v) is 18.0. The summed E-state index contributed by atoms with van der Waals surface area (Å²) < 4.78 is 9.87. The van der Waals surface area contributed by atoms with Crippen molar-refractivity contribution in [3.63, 3.8) is 0 Å². The van der Waals surface area contributed by atoms with Crippen LogP contribution in [0.15, 0.2) is 57.8 Å². The number of morpholine rings is 1. The molecular weight excluding hydrogens is 446 g/mol.